The second-order valence-electron chi connectivity index (χ2n) is 3.88. The zero-order chi connectivity index (χ0) is 13.5. The number of benzene rings is 1. The van der Waals surface area contributed by atoms with Gasteiger partial charge in [0.05, 0.1) is 7.11 Å². The molecule has 0 heterocycles. The van der Waals surface area contributed by atoms with Gasteiger partial charge in [0.2, 0.25) is 0 Å². The number of methoxy groups -OCH3 is 1. The Morgan fingerprint density at radius 3 is 1.94 bits per heavy atom. The first kappa shape index (κ1) is 14.9. The lowest BCUT2D eigenvalue weighted by Gasteiger charge is -2.15. The molecule has 0 aromatic heterocycles. The second kappa shape index (κ2) is 7.29. The van der Waals surface area contributed by atoms with Gasteiger partial charge in [-0.05, 0) is 23.3 Å². The van der Waals surface area contributed by atoms with E-state index in [-0.39, 0.29) is 5.75 Å². The van der Waals surface area contributed by atoms with E-state index < -0.39 is 6.61 Å². The van der Waals surface area contributed by atoms with Crippen molar-refractivity contribution < 1.29 is 18.3 Å². The Morgan fingerprint density at radius 2 is 1.56 bits per heavy atom. The molecular formula is C12H16B2F2O2. The van der Waals surface area contributed by atoms with Crippen molar-refractivity contribution in [2.24, 2.45) is 0 Å². The zero-order valence-electron chi connectivity index (χ0n) is 10.9. The molecule has 0 bridgehead atoms. The molecule has 0 atom stereocenters. The monoisotopic (exact) mass is 252 g/mol. The molecule has 0 saturated heterocycles. The molecule has 96 valence electrons. The lowest BCUT2D eigenvalue weighted by molar-refractivity contribution is -0.0512. The van der Waals surface area contributed by atoms with Crippen LogP contribution in [0.3, 0.4) is 0 Å². The van der Waals surface area contributed by atoms with Crippen LogP contribution in [0.15, 0.2) is 12.1 Å². The first-order chi connectivity index (χ1) is 8.62. The van der Waals surface area contributed by atoms with Gasteiger partial charge < -0.3 is 9.47 Å². The first-order valence-electron chi connectivity index (χ1n) is 5.82. The standard InChI is InChI=1S/C12H16B2F2O2/c1-13-6-8-4-10(17-3)11(18-12(15)16)5-9(8)7-14-2/h4-5,12H,6-7H2,1-3H3. The lowest BCUT2D eigenvalue weighted by atomic mass is 9.69. The molecule has 1 aromatic rings. The highest BCUT2D eigenvalue weighted by Crippen LogP contribution is 2.32. The SMILES string of the molecule is C[B]Cc1cc(OC)c(OC(F)F)cc1C[B]C. The van der Waals surface area contributed by atoms with Gasteiger partial charge >= 0.3 is 6.61 Å². The molecule has 0 saturated carbocycles. The van der Waals surface area contributed by atoms with Gasteiger partial charge in [0.15, 0.2) is 11.5 Å². The molecule has 0 N–H and O–H groups in total. The maximum Gasteiger partial charge on any atom is 0.387 e. The van der Waals surface area contributed by atoms with Crippen LogP contribution in [0.5, 0.6) is 11.5 Å². The van der Waals surface area contributed by atoms with Crippen molar-refractivity contribution >= 4 is 14.6 Å². The lowest BCUT2D eigenvalue weighted by Crippen LogP contribution is -2.07. The van der Waals surface area contributed by atoms with Gasteiger partial charge in [-0.1, -0.05) is 26.3 Å². The minimum atomic E-state index is -2.85. The molecule has 2 radical (unpaired) electrons. The van der Waals surface area contributed by atoms with E-state index in [1.165, 1.54) is 7.11 Å². The van der Waals surface area contributed by atoms with Crippen LogP contribution in [-0.4, -0.2) is 28.3 Å². The molecule has 1 rings (SSSR count). The third-order valence-electron chi connectivity index (χ3n) is 2.55. The van der Waals surface area contributed by atoms with Crippen LogP contribution in [0.2, 0.25) is 13.6 Å². The summed E-state index contributed by atoms with van der Waals surface area (Å²) >= 11 is 0. The van der Waals surface area contributed by atoms with E-state index >= 15 is 0 Å². The Hall–Kier alpha value is -1.19. The van der Waals surface area contributed by atoms with Crippen molar-refractivity contribution in [1.82, 2.24) is 0 Å². The van der Waals surface area contributed by atoms with Crippen LogP contribution in [-0.2, 0) is 12.6 Å². The highest BCUT2D eigenvalue weighted by Gasteiger charge is 2.14. The average molecular weight is 252 g/mol. The van der Waals surface area contributed by atoms with Crippen LogP contribution < -0.4 is 9.47 Å². The predicted octanol–water partition coefficient (Wildman–Crippen LogP) is 2.80. The van der Waals surface area contributed by atoms with Crippen LogP contribution in [0.25, 0.3) is 0 Å². The molecular weight excluding hydrogens is 236 g/mol. The topological polar surface area (TPSA) is 18.5 Å². The van der Waals surface area contributed by atoms with Crippen LogP contribution >= 0.6 is 0 Å². The second-order valence-corrected chi connectivity index (χ2v) is 3.88. The third kappa shape index (κ3) is 3.93. The van der Waals surface area contributed by atoms with Crippen molar-refractivity contribution in [3.05, 3.63) is 23.3 Å². The Bertz CT molecular complexity index is 387. The number of alkyl halides is 2. The van der Waals surface area contributed by atoms with Crippen molar-refractivity contribution in [2.45, 2.75) is 32.9 Å². The summed E-state index contributed by atoms with van der Waals surface area (Å²) in [4.78, 5) is 0. The smallest absolute Gasteiger partial charge is 0.387 e. The normalized spacial score (nSPS) is 10.3. The highest BCUT2D eigenvalue weighted by atomic mass is 19.3. The fourth-order valence-electron chi connectivity index (χ4n) is 1.81. The van der Waals surface area contributed by atoms with E-state index in [0.29, 0.717) is 12.1 Å². The van der Waals surface area contributed by atoms with Crippen molar-refractivity contribution in [2.75, 3.05) is 7.11 Å². The number of ether oxygens (including phenoxy) is 2. The Kier molecular flexibility index (Phi) is 6.02. The zero-order valence-corrected chi connectivity index (χ0v) is 10.9. The van der Waals surface area contributed by atoms with E-state index in [9.17, 15) is 8.78 Å². The summed E-state index contributed by atoms with van der Waals surface area (Å²) in [7, 11) is 5.44. The first-order valence-corrected chi connectivity index (χ1v) is 5.82. The molecule has 6 heteroatoms. The summed E-state index contributed by atoms with van der Waals surface area (Å²) < 4.78 is 34.2. The van der Waals surface area contributed by atoms with Crippen molar-refractivity contribution in [3.8, 4) is 11.5 Å². The van der Waals surface area contributed by atoms with Crippen LogP contribution in [0.1, 0.15) is 11.1 Å². The number of rotatable bonds is 7. The average Bonchev–Trinajstić information content (AvgIpc) is 2.32. The molecule has 0 amide bonds. The molecule has 18 heavy (non-hydrogen) atoms. The minimum Gasteiger partial charge on any atom is -0.493 e. The maximum absolute atomic E-state index is 12.3. The van der Waals surface area contributed by atoms with Gasteiger partial charge in [-0.25, -0.2) is 0 Å². The largest absolute Gasteiger partial charge is 0.493 e. The van der Waals surface area contributed by atoms with E-state index in [1.807, 2.05) is 28.2 Å². The Labute approximate surface area is 108 Å². The summed E-state index contributed by atoms with van der Waals surface area (Å²) in [5, 5.41) is 0. The van der Waals surface area contributed by atoms with E-state index in [2.05, 4.69) is 4.74 Å². The van der Waals surface area contributed by atoms with Crippen LogP contribution in [0.4, 0.5) is 8.78 Å². The molecule has 0 spiro atoms. The predicted molar refractivity (Wildman–Crippen MR) is 70.3 cm³/mol. The summed E-state index contributed by atoms with van der Waals surface area (Å²) in [6.07, 6.45) is 1.49. The van der Waals surface area contributed by atoms with Gasteiger partial charge in [-0.15, -0.1) is 0 Å². The van der Waals surface area contributed by atoms with E-state index in [0.717, 1.165) is 17.4 Å². The Morgan fingerprint density at radius 1 is 1.06 bits per heavy atom. The van der Waals surface area contributed by atoms with Crippen molar-refractivity contribution in [3.63, 3.8) is 0 Å². The highest BCUT2D eigenvalue weighted by molar-refractivity contribution is 6.34. The van der Waals surface area contributed by atoms with Crippen molar-refractivity contribution in [1.29, 1.82) is 0 Å². The Balaban J connectivity index is 3.13. The van der Waals surface area contributed by atoms with Gasteiger partial charge in [0, 0.05) is 0 Å². The third-order valence-corrected chi connectivity index (χ3v) is 2.55. The molecule has 1 aromatic carbocycles. The van der Waals surface area contributed by atoms with Gasteiger partial charge in [0.25, 0.3) is 0 Å². The fraction of sp³-hybridized carbons (Fsp3) is 0.500. The van der Waals surface area contributed by atoms with E-state index in [1.54, 1.807) is 12.1 Å². The molecule has 0 aliphatic rings. The quantitative estimate of drug-likeness (QED) is 0.694. The molecule has 0 aliphatic heterocycles. The summed E-state index contributed by atoms with van der Waals surface area (Å²) in [6.45, 7) is 1.04. The molecule has 2 nitrogen and oxygen atoms in total. The summed E-state index contributed by atoms with van der Waals surface area (Å²) in [5.41, 5.74) is 2.04. The fourth-order valence-corrected chi connectivity index (χ4v) is 1.81. The number of hydrogen-bond acceptors (Lipinski definition) is 2. The maximum atomic E-state index is 12.3. The van der Waals surface area contributed by atoms with Gasteiger partial charge in [-0.2, -0.15) is 8.78 Å². The minimum absolute atomic E-state index is 0.0872. The van der Waals surface area contributed by atoms with Gasteiger partial charge in [-0.3, -0.25) is 0 Å². The number of halogens is 2. The van der Waals surface area contributed by atoms with E-state index in [4.69, 9.17) is 4.74 Å². The number of hydrogen-bond donors (Lipinski definition) is 0. The summed E-state index contributed by atoms with van der Waals surface area (Å²) in [5.74, 6) is 0.427. The molecule has 0 aliphatic carbocycles. The molecule has 0 fully saturated rings. The van der Waals surface area contributed by atoms with Gasteiger partial charge in [0.1, 0.15) is 14.6 Å². The molecule has 0 unspecified atom stereocenters. The summed E-state index contributed by atoms with van der Waals surface area (Å²) in [6, 6.07) is 3.39. The van der Waals surface area contributed by atoms with Crippen LogP contribution in [0, 0.1) is 0 Å².